The number of nitrogens with zero attached hydrogens (tertiary/aromatic N) is 1. The molecule has 2 fully saturated rings. The van der Waals surface area contributed by atoms with Crippen LogP contribution in [0.25, 0.3) is 0 Å². The van der Waals surface area contributed by atoms with Crippen LogP contribution in [0.3, 0.4) is 0 Å². The van der Waals surface area contributed by atoms with Gasteiger partial charge in [0.05, 0.1) is 19.1 Å². The monoisotopic (exact) mass is 495 g/mol. The molecule has 1 unspecified atom stereocenters. The van der Waals surface area contributed by atoms with Gasteiger partial charge in [-0.1, -0.05) is 76.3 Å². The molecule has 2 aliphatic rings. The lowest BCUT2D eigenvalue weighted by Gasteiger charge is -2.34. The summed E-state index contributed by atoms with van der Waals surface area (Å²) in [6.45, 7) is 3.67. The van der Waals surface area contributed by atoms with Crippen LogP contribution in [0.1, 0.15) is 103 Å². The van der Waals surface area contributed by atoms with Crippen LogP contribution >= 0.6 is 0 Å². The van der Waals surface area contributed by atoms with Gasteiger partial charge in [0, 0.05) is 12.1 Å². The first-order valence-corrected chi connectivity index (χ1v) is 14.1. The Bertz CT molecular complexity index is 890. The molecule has 1 amide bonds. The number of carbonyl (C=O) groups is 2. The number of methoxy groups -OCH3 is 1. The van der Waals surface area contributed by atoms with E-state index in [1.807, 2.05) is 24.3 Å². The molecule has 0 N–H and O–H groups in total. The SMILES string of the molecule is COc1ccc(CN(C(=O)C(CC2CCCCC2)C(=C=O)CCC2CCCCC2)[C@H](C)C(C)=O)cc1. The van der Waals surface area contributed by atoms with Gasteiger partial charge in [-0.05, 0) is 62.6 Å². The molecule has 36 heavy (non-hydrogen) atoms. The molecule has 2 saturated carbocycles. The van der Waals surface area contributed by atoms with Gasteiger partial charge in [0.2, 0.25) is 5.91 Å². The molecule has 0 bridgehead atoms. The van der Waals surface area contributed by atoms with Crippen LogP contribution in [-0.4, -0.2) is 35.7 Å². The molecule has 2 atom stereocenters. The predicted molar refractivity (Wildman–Crippen MR) is 143 cm³/mol. The summed E-state index contributed by atoms with van der Waals surface area (Å²) in [5, 5.41) is 0. The van der Waals surface area contributed by atoms with Gasteiger partial charge in [0.15, 0.2) is 5.78 Å². The van der Waals surface area contributed by atoms with Crippen LogP contribution in [-0.2, 0) is 20.9 Å². The molecule has 198 valence electrons. The Kier molecular flexibility index (Phi) is 11.3. The van der Waals surface area contributed by atoms with Crippen molar-refractivity contribution in [3.8, 4) is 5.75 Å². The second kappa shape index (κ2) is 14.4. The highest BCUT2D eigenvalue weighted by Gasteiger charge is 2.35. The van der Waals surface area contributed by atoms with Gasteiger partial charge >= 0.3 is 0 Å². The van der Waals surface area contributed by atoms with Crippen LogP contribution in [0.4, 0.5) is 0 Å². The second-order valence-electron chi connectivity index (χ2n) is 11.1. The molecule has 0 radical (unpaired) electrons. The minimum atomic E-state index is -0.556. The predicted octanol–water partition coefficient (Wildman–Crippen LogP) is 6.71. The van der Waals surface area contributed by atoms with Crippen molar-refractivity contribution in [1.82, 2.24) is 4.90 Å². The minimum Gasteiger partial charge on any atom is -0.497 e. The summed E-state index contributed by atoms with van der Waals surface area (Å²) in [7, 11) is 1.62. The molecule has 3 rings (SSSR count). The third-order valence-corrected chi connectivity index (χ3v) is 8.54. The van der Waals surface area contributed by atoms with E-state index in [9.17, 15) is 14.4 Å². The van der Waals surface area contributed by atoms with Gasteiger partial charge in [0.25, 0.3) is 0 Å². The largest absolute Gasteiger partial charge is 0.497 e. The zero-order chi connectivity index (χ0) is 25.9. The maximum absolute atomic E-state index is 14.2. The van der Waals surface area contributed by atoms with Crippen LogP contribution < -0.4 is 4.74 Å². The first-order chi connectivity index (χ1) is 17.4. The maximum atomic E-state index is 14.2. The van der Waals surface area contributed by atoms with Gasteiger partial charge < -0.3 is 9.64 Å². The Morgan fingerprint density at radius 3 is 2.08 bits per heavy atom. The summed E-state index contributed by atoms with van der Waals surface area (Å²) in [5.41, 5.74) is 1.55. The third-order valence-electron chi connectivity index (χ3n) is 8.54. The molecular weight excluding hydrogens is 450 g/mol. The van der Waals surface area contributed by atoms with Crippen molar-refractivity contribution in [2.45, 2.75) is 110 Å². The standard InChI is InChI=1S/C31H45NO4/c1-23(24(2)34)32(21-27-15-18-29(36-3)19-16-27)31(35)30(20-26-12-8-5-9-13-26)28(22-33)17-14-25-10-6-4-7-11-25/h15-16,18-19,23,25-26,30H,4-14,17,20-21H2,1-3H3/t23-,30?/m1/s1. The molecule has 0 spiro atoms. The number of benzene rings is 1. The van der Waals surface area contributed by atoms with E-state index in [1.54, 1.807) is 18.9 Å². The Balaban J connectivity index is 1.84. The fourth-order valence-corrected chi connectivity index (χ4v) is 6.03. The lowest BCUT2D eigenvalue weighted by atomic mass is 9.77. The van der Waals surface area contributed by atoms with Crippen molar-refractivity contribution in [2.24, 2.45) is 17.8 Å². The molecular formula is C31H45NO4. The van der Waals surface area contributed by atoms with E-state index in [4.69, 9.17) is 4.74 Å². The molecule has 5 nitrogen and oxygen atoms in total. The van der Waals surface area contributed by atoms with Crippen LogP contribution in [0.5, 0.6) is 5.75 Å². The Morgan fingerprint density at radius 1 is 0.972 bits per heavy atom. The number of rotatable bonds is 12. The highest BCUT2D eigenvalue weighted by molar-refractivity contribution is 5.90. The quantitative estimate of drug-likeness (QED) is 0.302. The number of ketones is 1. The normalized spacial score (nSPS) is 18.6. The van der Waals surface area contributed by atoms with E-state index in [2.05, 4.69) is 5.94 Å². The summed E-state index contributed by atoms with van der Waals surface area (Å²) in [4.78, 5) is 40.7. The number of carbonyl (C=O) groups excluding carboxylic acids is 3. The van der Waals surface area contributed by atoms with E-state index in [-0.39, 0.29) is 11.7 Å². The van der Waals surface area contributed by atoms with Crippen molar-refractivity contribution in [3.05, 3.63) is 35.4 Å². The fourth-order valence-electron chi connectivity index (χ4n) is 6.03. The molecule has 5 heteroatoms. The van der Waals surface area contributed by atoms with Gasteiger partial charge in [-0.25, -0.2) is 4.79 Å². The van der Waals surface area contributed by atoms with Crippen molar-refractivity contribution < 1.29 is 19.1 Å². The number of hydrogen-bond donors (Lipinski definition) is 0. The molecule has 1 aromatic rings. The van der Waals surface area contributed by atoms with Crippen LogP contribution in [0, 0.1) is 17.8 Å². The first kappa shape index (κ1) is 28.2. The summed E-state index contributed by atoms with van der Waals surface area (Å²) in [5.74, 6) is 3.43. The highest BCUT2D eigenvalue weighted by Crippen LogP contribution is 2.36. The zero-order valence-corrected chi connectivity index (χ0v) is 22.6. The Hall–Kier alpha value is -2.39. The van der Waals surface area contributed by atoms with Crippen molar-refractivity contribution in [2.75, 3.05) is 7.11 Å². The smallest absolute Gasteiger partial charge is 0.231 e. The van der Waals surface area contributed by atoms with E-state index in [0.717, 1.165) is 30.6 Å². The lowest BCUT2D eigenvalue weighted by Crippen LogP contribution is -2.45. The van der Waals surface area contributed by atoms with Crippen molar-refractivity contribution in [3.63, 3.8) is 0 Å². The first-order valence-electron chi connectivity index (χ1n) is 14.1. The van der Waals surface area contributed by atoms with Crippen molar-refractivity contribution in [1.29, 1.82) is 0 Å². The van der Waals surface area contributed by atoms with Gasteiger partial charge in [-0.2, -0.15) is 0 Å². The van der Waals surface area contributed by atoms with Gasteiger partial charge in [-0.3, -0.25) is 9.59 Å². The second-order valence-corrected chi connectivity index (χ2v) is 11.1. The highest BCUT2D eigenvalue weighted by atomic mass is 16.5. The van der Waals surface area contributed by atoms with E-state index in [0.29, 0.717) is 36.8 Å². The van der Waals surface area contributed by atoms with E-state index in [1.165, 1.54) is 58.3 Å². The zero-order valence-electron chi connectivity index (χ0n) is 22.6. The maximum Gasteiger partial charge on any atom is 0.231 e. The molecule has 0 heterocycles. The average Bonchev–Trinajstić information content (AvgIpc) is 2.92. The number of Topliss-reactive ketones (excluding diaryl/α,β-unsaturated/α-hetero) is 1. The molecule has 1 aromatic carbocycles. The summed E-state index contributed by atoms with van der Waals surface area (Å²) in [6, 6.07) is 7.05. The molecule has 0 saturated heterocycles. The van der Waals surface area contributed by atoms with Gasteiger partial charge in [-0.15, -0.1) is 0 Å². The number of amides is 1. The van der Waals surface area contributed by atoms with Crippen LogP contribution in [0.15, 0.2) is 29.8 Å². The number of ether oxygens (including phenoxy) is 1. The minimum absolute atomic E-state index is 0.0490. The van der Waals surface area contributed by atoms with E-state index < -0.39 is 12.0 Å². The molecule has 2 aliphatic carbocycles. The molecule has 0 aliphatic heterocycles. The lowest BCUT2D eigenvalue weighted by molar-refractivity contribution is -0.142. The fraction of sp³-hybridized carbons (Fsp3) is 0.677. The summed E-state index contributed by atoms with van der Waals surface area (Å²) in [6.07, 6.45) is 14.4. The topological polar surface area (TPSA) is 63.7 Å². The average molecular weight is 496 g/mol. The Labute approximate surface area is 217 Å². The number of hydrogen-bond acceptors (Lipinski definition) is 4. The summed E-state index contributed by atoms with van der Waals surface area (Å²) < 4.78 is 5.27. The molecule has 0 aromatic heterocycles. The van der Waals surface area contributed by atoms with Crippen molar-refractivity contribution >= 4 is 17.6 Å². The van der Waals surface area contributed by atoms with E-state index >= 15 is 0 Å². The summed E-state index contributed by atoms with van der Waals surface area (Å²) >= 11 is 0. The van der Waals surface area contributed by atoms with Gasteiger partial charge in [0.1, 0.15) is 11.7 Å². The third kappa shape index (κ3) is 8.06. The Morgan fingerprint density at radius 2 is 1.56 bits per heavy atom. The van der Waals surface area contributed by atoms with Crippen LogP contribution in [0.2, 0.25) is 0 Å².